The molecule has 0 bridgehead atoms. The van der Waals surface area contributed by atoms with Gasteiger partial charge in [-0.05, 0) is 68.5 Å². The van der Waals surface area contributed by atoms with Crippen LogP contribution in [0.1, 0.15) is 11.4 Å². The highest BCUT2D eigenvalue weighted by molar-refractivity contribution is 5.80. The Bertz CT molecular complexity index is 669. The average molecular weight is 506 g/mol. The molecule has 0 aromatic carbocycles. The van der Waals surface area contributed by atoms with Crippen LogP contribution in [-0.4, -0.2) is 145 Å². The fourth-order valence-electron chi connectivity index (χ4n) is 2.97. The summed E-state index contributed by atoms with van der Waals surface area (Å²) in [6.45, 7) is 8.07. The molecular weight excluding hydrogens is 454 g/mol. The lowest BCUT2D eigenvalue weighted by atomic mass is 10.3. The van der Waals surface area contributed by atoms with E-state index in [1.807, 2.05) is 18.2 Å². The van der Waals surface area contributed by atoms with Gasteiger partial charge in [0.2, 0.25) is 0 Å². The smallest absolute Gasteiger partial charge is 0.191 e. The van der Waals surface area contributed by atoms with E-state index in [2.05, 4.69) is 97.2 Å². The normalized spacial score (nSPS) is 11.2. The minimum Gasteiger partial charge on any atom is -0.355 e. The summed E-state index contributed by atoms with van der Waals surface area (Å²) in [6.07, 6.45) is 0. The Kier molecular flexibility index (Phi) is 16.4. The molecule has 1 aromatic rings. The second-order valence-corrected chi connectivity index (χ2v) is 9.87. The van der Waals surface area contributed by atoms with Crippen molar-refractivity contribution in [3.63, 3.8) is 0 Å². The van der Waals surface area contributed by atoms with Crippen molar-refractivity contribution in [3.05, 3.63) is 29.6 Å². The molecule has 206 valence electrons. The third kappa shape index (κ3) is 17.0. The van der Waals surface area contributed by atoms with Gasteiger partial charge in [0, 0.05) is 52.4 Å². The molecule has 1 heterocycles. The average Bonchev–Trinajstić information content (AvgIpc) is 2.79. The third-order valence-electron chi connectivity index (χ3n) is 5.07. The minimum atomic E-state index is 0.506. The maximum atomic E-state index is 4.79. The zero-order valence-electron chi connectivity index (χ0n) is 23.9. The zero-order valence-corrected chi connectivity index (χ0v) is 23.9. The molecule has 4 N–H and O–H groups in total. The van der Waals surface area contributed by atoms with Crippen LogP contribution in [0.4, 0.5) is 0 Å². The Morgan fingerprint density at radius 3 is 1.17 bits per heavy atom. The molecule has 0 aliphatic carbocycles. The van der Waals surface area contributed by atoms with Gasteiger partial charge >= 0.3 is 0 Å². The third-order valence-corrected chi connectivity index (χ3v) is 5.07. The summed E-state index contributed by atoms with van der Waals surface area (Å²) in [6, 6.07) is 6.05. The number of aliphatic imine (C=N–C) groups is 2. The molecule has 11 heteroatoms. The highest BCUT2D eigenvalue weighted by Crippen LogP contribution is 2.03. The first-order chi connectivity index (χ1) is 17.2. The molecule has 0 spiro atoms. The molecule has 0 unspecified atom stereocenters. The zero-order chi connectivity index (χ0) is 26.8. The van der Waals surface area contributed by atoms with Gasteiger partial charge in [0.05, 0.1) is 24.5 Å². The van der Waals surface area contributed by atoms with E-state index in [1.165, 1.54) is 0 Å². The number of guanidine groups is 2. The molecule has 0 saturated carbocycles. The van der Waals surface area contributed by atoms with Crippen LogP contribution >= 0.6 is 0 Å². The van der Waals surface area contributed by atoms with Crippen LogP contribution in [0.2, 0.25) is 0 Å². The summed E-state index contributed by atoms with van der Waals surface area (Å²) in [5, 5.41) is 13.6. The van der Waals surface area contributed by atoms with Crippen LogP contribution in [0.15, 0.2) is 28.2 Å². The van der Waals surface area contributed by atoms with Gasteiger partial charge in [-0.2, -0.15) is 0 Å². The van der Waals surface area contributed by atoms with E-state index in [4.69, 9.17) is 15.0 Å². The van der Waals surface area contributed by atoms with Gasteiger partial charge in [-0.15, -0.1) is 0 Å². The van der Waals surface area contributed by atoms with Crippen molar-refractivity contribution in [1.82, 2.24) is 45.9 Å². The van der Waals surface area contributed by atoms with Gasteiger partial charge in [0.1, 0.15) is 0 Å². The van der Waals surface area contributed by atoms with Crippen LogP contribution in [0.25, 0.3) is 0 Å². The lowest BCUT2D eigenvalue weighted by Gasteiger charge is -2.16. The van der Waals surface area contributed by atoms with Crippen LogP contribution in [0, 0.1) is 0 Å². The lowest BCUT2D eigenvalue weighted by molar-refractivity contribution is 0.405. The Labute approximate surface area is 219 Å². The van der Waals surface area contributed by atoms with Gasteiger partial charge in [-0.3, -0.25) is 4.98 Å². The predicted octanol–water partition coefficient (Wildman–Crippen LogP) is -0.602. The Balaban J connectivity index is 2.79. The van der Waals surface area contributed by atoms with Crippen LogP contribution in [0.3, 0.4) is 0 Å². The standard InChI is InChI=1S/C25H51N11/c1-33(2)16-12-26-24(27-13-17-34(3)4)30-20-22-10-9-11-23(32-22)21-31-25(28-14-18-35(5)6)29-15-19-36(7)8/h9-11H,12-21H2,1-8H3,(H2,26,27,30)(H2,28,29,31). The highest BCUT2D eigenvalue weighted by Gasteiger charge is 2.04. The van der Waals surface area contributed by atoms with E-state index in [0.717, 1.165) is 75.7 Å². The lowest BCUT2D eigenvalue weighted by Crippen LogP contribution is -2.42. The Morgan fingerprint density at radius 1 is 0.583 bits per heavy atom. The number of likely N-dealkylation sites (N-methyl/N-ethyl adjacent to an activating group) is 4. The topological polar surface area (TPSA) is 98.7 Å². The van der Waals surface area contributed by atoms with Gasteiger partial charge in [0.15, 0.2) is 11.9 Å². The number of aromatic nitrogens is 1. The molecule has 0 radical (unpaired) electrons. The van der Waals surface area contributed by atoms with Gasteiger partial charge in [0.25, 0.3) is 0 Å². The van der Waals surface area contributed by atoms with Crippen molar-refractivity contribution >= 4 is 11.9 Å². The first kappa shape index (κ1) is 31.6. The summed E-state index contributed by atoms with van der Waals surface area (Å²) in [7, 11) is 16.5. The van der Waals surface area contributed by atoms with Gasteiger partial charge < -0.3 is 40.9 Å². The number of nitrogens with zero attached hydrogens (tertiary/aromatic N) is 7. The predicted molar refractivity (Wildman–Crippen MR) is 153 cm³/mol. The number of rotatable bonds is 16. The SMILES string of the molecule is CN(C)CCNC(=NCc1cccc(CN=C(NCCN(C)C)NCCN(C)C)n1)NCCN(C)C. The van der Waals surface area contributed by atoms with Crippen LogP contribution in [0.5, 0.6) is 0 Å². The van der Waals surface area contributed by atoms with Crippen molar-refractivity contribution in [2.75, 3.05) is 109 Å². The second kappa shape index (κ2) is 18.8. The largest absolute Gasteiger partial charge is 0.355 e. The van der Waals surface area contributed by atoms with Crippen molar-refractivity contribution in [1.29, 1.82) is 0 Å². The number of hydrogen-bond acceptors (Lipinski definition) is 7. The van der Waals surface area contributed by atoms with Crippen molar-refractivity contribution < 1.29 is 0 Å². The Hall–Kier alpha value is -2.47. The molecular formula is C25H51N11. The first-order valence-electron chi connectivity index (χ1n) is 12.7. The highest BCUT2D eigenvalue weighted by atomic mass is 15.2. The van der Waals surface area contributed by atoms with Crippen molar-refractivity contribution in [2.45, 2.75) is 13.1 Å². The van der Waals surface area contributed by atoms with Gasteiger partial charge in [-0.1, -0.05) is 6.07 Å². The van der Waals surface area contributed by atoms with Crippen LogP contribution < -0.4 is 21.3 Å². The monoisotopic (exact) mass is 505 g/mol. The maximum Gasteiger partial charge on any atom is 0.191 e. The van der Waals surface area contributed by atoms with E-state index < -0.39 is 0 Å². The molecule has 0 atom stereocenters. The molecule has 0 fully saturated rings. The number of pyridine rings is 1. The van der Waals surface area contributed by atoms with Crippen molar-refractivity contribution in [3.8, 4) is 0 Å². The summed E-state index contributed by atoms with van der Waals surface area (Å²) >= 11 is 0. The molecule has 1 rings (SSSR count). The maximum absolute atomic E-state index is 4.79. The van der Waals surface area contributed by atoms with E-state index in [-0.39, 0.29) is 0 Å². The van der Waals surface area contributed by atoms with Crippen LogP contribution in [-0.2, 0) is 13.1 Å². The molecule has 0 aliphatic rings. The summed E-state index contributed by atoms with van der Waals surface area (Å²) < 4.78 is 0. The molecule has 0 saturated heterocycles. The van der Waals surface area contributed by atoms with E-state index in [9.17, 15) is 0 Å². The van der Waals surface area contributed by atoms with Gasteiger partial charge in [-0.25, -0.2) is 9.98 Å². The molecule has 0 amide bonds. The number of hydrogen-bond donors (Lipinski definition) is 4. The Morgan fingerprint density at radius 2 is 0.889 bits per heavy atom. The fraction of sp³-hybridized carbons (Fsp3) is 0.720. The van der Waals surface area contributed by atoms with Crippen molar-refractivity contribution in [2.24, 2.45) is 9.98 Å². The minimum absolute atomic E-state index is 0.506. The quantitative estimate of drug-likeness (QED) is 0.173. The summed E-state index contributed by atoms with van der Waals surface area (Å²) in [5.41, 5.74) is 1.85. The summed E-state index contributed by atoms with van der Waals surface area (Å²) in [4.78, 5) is 22.9. The van der Waals surface area contributed by atoms with E-state index >= 15 is 0 Å². The second-order valence-electron chi connectivity index (χ2n) is 9.87. The molecule has 0 aliphatic heterocycles. The molecule has 11 nitrogen and oxygen atoms in total. The summed E-state index contributed by atoms with van der Waals surface area (Å²) in [5.74, 6) is 1.61. The number of nitrogens with one attached hydrogen (secondary N) is 4. The fourth-order valence-corrected chi connectivity index (χ4v) is 2.97. The molecule has 1 aromatic heterocycles. The van der Waals surface area contributed by atoms with E-state index in [0.29, 0.717) is 13.1 Å². The first-order valence-corrected chi connectivity index (χ1v) is 12.7. The van der Waals surface area contributed by atoms with E-state index in [1.54, 1.807) is 0 Å². The molecule has 36 heavy (non-hydrogen) atoms.